The first-order valence-electron chi connectivity index (χ1n) is 10.3. The van der Waals surface area contributed by atoms with Crippen LogP contribution in [0.1, 0.15) is 40.5 Å². The van der Waals surface area contributed by atoms with Crippen molar-refractivity contribution in [1.29, 1.82) is 0 Å². The van der Waals surface area contributed by atoms with Gasteiger partial charge in [-0.3, -0.25) is 14.5 Å². The summed E-state index contributed by atoms with van der Waals surface area (Å²) in [5.74, 6) is -2.07. The molecule has 1 aromatic heterocycles. The van der Waals surface area contributed by atoms with Gasteiger partial charge in [0, 0.05) is 16.1 Å². The molecule has 1 N–H and O–H groups in total. The lowest BCUT2D eigenvalue weighted by Gasteiger charge is -2.24. The summed E-state index contributed by atoms with van der Waals surface area (Å²) in [6, 6.07) is 14.1. The van der Waals surface area contributed by atoms with Crippen molar-refractivity contribution in [2.75, 3.05) is 4.90 Å². The number of aryl methyl sites for hydroxylation is 2. The van der Waals surface area contributed by atoms with Crippen molar-refractivity contribution in [2.45, 2.75) is 31.7 Å². The molecule has 2 aromatic carbocycles. The number of aliphatic hydroxyl groups excluding tert-OH is 1. The molecule has 0 radical (unpaired) electrons. The first kappa shape index (κ1) is 19.7. The number of aliphatic hydroxyl groups is 1. The van der Waals surface area contributed by atoms with Crippen LogP contribution in [-0.4, -0.2) is 16.8 Å². The van der Waals surface area contributed by atoms with E-state index in [2.05, 4.69) is 0 Å². The first-order valence-corrected chi connectivity index (χ1v) is 11.1. The normalized spacial score (nSPS) is 20.2. The van der Waals surface area contributed by atoms with Crippen molar-refractivity contribution < 1.29 is 19.1 Å². The maximum absolute atomic E-state index is 13.5. The zero-order valence-electron chi connectivity index (χ0n) is 16.7. The average Bonchev–Trinajstić information content (AvgIpc) is 3.41. The highest BCUT2D eigenvalue weighted by Crippen LogP contribution is 2.43. The quantitative estimate of drug-likeness (QED) is 0.342. The number of carbonyl (C=O) groups is 2. The summed E-state index contributed by atoms with van der Waals surface area (Å²) in [6.07, 6.45) is 4.20. The van der Waals surface area contributed by atoms with Gasteiger partial charge in [-0.2, -0.15) is 0 Å². The van der Waals surface area contributed by atoms with E-state index in [-0.39, 0.29) is 11.3 Å². The number of Topliss-reactive ketones (excluding diaryl/α,β-unsaturated/α-hetero) is 1. The molecular weight excluding hydrogens is 413 g/mol. The molecule has 1 amide bonds. The number of amides is 1. The fraction of sp³-hybridized carbons (Fsp3) is 0.200. The number of anilines is 1. The predicted octanol–water partition coefficient (Wildman–Crippen LogP) is 5.39. The summed E-state index contributed by atoms with van der Waals surface area (Å²) < 4.78 is 13.5. The van der Waals surface area contributed by atoms with E-state index in [1.807, 2.05) is 35.7 Å². The van der Waals surface area contributed by atoms with Gasteiger partial charge in [-0.1, -0.05) is 18.2 Å². The smallest absolute Gasteiger partial charge is 0.300 e. The van der Waals surface area contributed by atoms with Crippen LogP contribution in [0.25, 0.3) is 5.76 Å². The molecule has 1 atom stereocenters. The molecule has 3 aromatic rings. The van der Waals surface area contributed by atoms with Gasteiger partial charge in [0.15, 0.2) is 0 Å². The van der Waals surface area contributed by atoms with Gasteiger partial charge in [0.05, 0.1) is 5.57 Å². The number of rotatable bonds is 3. The van der Waals surface area contributed by atoms with Gasteiger partial charge in [0.25, 0.3) is 11.7 Å². The van der Waals surface area contributed by atoms with E-state index in [1.165, 1.54) is 51.6 Å². The largest absolute Gasteiger partial charge is 0.507 e. The van der Waals surface area contributed by atoms with Crippen LogP contribution in [0.15, 0.2) is 65.6 Å². The number of carbonyl (C=O) groups excluding carboxylic acids is 2. The van der Waals surface area contributed by atoms with Crippen LogP contribution in [0.5, 0.6) is 0 Å². The molecule has 1 aliphatic carbocycles. The molecule has 2 aliphatic rings. The van der Waals surface area contributed by atoms with Crippen LogP contribution < -0.4 is 4.90 Å². The van der Waals surface area contributed by atoms with Crippen LogP contribution in [0.3, 0.4) is 0 Å². The summed E-state index contributed by atoms with van der Waals surface area (Å²) in [6.45, 7) is 0. The van der Waals surface area contributed by atoms with E-state index in [4.69, 9.17) is 0 Å². The Morgan fingerprint density at radius 2 is 1.74 bits per heavy atom. The molecule has 6 heteroatoms. The maximum atomic E-state index is 13.5. The van der Waals surface area contributed by atoms with E-state index in [1.54, 1.807) is 0 Å². The molecule has 31 heavy (non-hydrogen) atoms. The molecular formula is C25H20FNO3S. The Balaban J connectivity index is 1.66. The number of ketones is 1. The first-order chi connectivity index (χ1) is 15.0. The molecule has 0 saturated carbocycles. The molecule has 2 heterocycles. The van der Waals surface area contributed by atoms with Crippen molar-refractivity contribution in [2.24, 2.45) is 0 Å². The molecule has 156 valence electrons. The lowest BCUT2D eigenvalue weighted by atomic mass is 9.89. The molecule has 4 nitrogen and oxygen atoms in total. The minimum Gasteiger partial charge on any atom is -0.507 e. The van der Waals surface area contributed by atoms with Gasteiger partial charge in [-0.25, -0.2) is 4.39 Å². The third-order valence-electron chi connectivity index (χ3n) is 5.98. The van der Waals surface area contributed by atoms with Crippen molar-refractivity contribution in [3.05, 3.63) is 92.9 Å². The highest BCUT2D eigenvalue weighted by Gasteiger charge is 2.47. The number of hydrogen-bond donors (Lipinski definition) is 1. The Hall–Kier alpha value is -3.25. The number of thiophene rings is 1. The minimum absolute atomic E-state index is 0.0625. The van der Waals surface area contributed by atoms with Gasteiger partial charge in [-0.15, -0.1) is 11.3 Å². The number of halogens is 1. The molecule has 1 saturated heterocycles. The summed E-state index contributed by atoms with van der Waals surface area (Å²) >= 11 is 1.40. The van der Waals surface area contributed by atoms with Gasteiger partial charge in [-0.05, 0) is 78.6 Å². The van der Waals surface area contributed by atoms with E-state index < -0.39 is 23.5 Å². The lowest BCUT2D eigenvalue weighted by Crippen LogP contribution is -2.29. The fourth-order valence-electron chi connectivity index (χ4n) is 4.45. The molecule has 5 rings (SSSR count). The van der Waals surface area contributed by atoms with Crippen molar-refractivity contribution in [3.63, 3.8) is 0 Å². The average molecular weight is 434 g/mol. The van der Waals surface area contributed by atoms with E-state index >= 15 is 0 Å². The van der Waals surface area contributed by atoms with Gasteiger partial charge in [0.2, 0.25) is 0 Å². The Morgan fingerprint density at radius 1 is 1.00 bits per heavy atom. The lowest BCUT2D eigenvalue weighted by molar-refractivity contribution is -0.132. The Morgan fingerprint density at radius 3 is 2.45 bits per heavy atom. The molecule has 1 aliphatic heterocycles. The second kappa shape index (κ2) is 7.78. The summed E-state index contributed by atoms with van der Waals surface area (Å²) in [4.78, 5) is 28.2. The van der Waals surface area contributed by atoms with Crippen LogP contribution in [0.4, 0.5) is 10.1 Å². The second-order valence-electron chi connectivity index (χ2n) is 7.85. The van der Waals surface area contributed by atoms with Crippen LogP contribution in [0.2, 0.25) is 0 Å². The fourth-order valence-corrected chi connectivity index (χ4v) is 5.28. The van der Waals surface area contributed by atoms with Gasteiger partial charge in [0.1, 0.15) is 17.6 Å². The number of benzene rings is 2. The maximum Gasteiger partial charge on any atom is 0.300 e. The van der Waals surface area contributed by atoms with E-state index in [9.17, 15) is 19.1 Å². The Labute approximate surface area is 183 Å². The molecule has 1 unspecified atom stereocenters. The second-order valence-corrected chi connectivity index (χ2v) is 8.83. The van der Waals surface area contributed by atoms with Crippen LogP contribution >= 0.6 is 11.3 Å². The zero-order chi connectivity index (χ0) is 21.5. The van der Waals surface area contributed by atoms with Gasteiger partial charge >= 0.3 is 0 Å². The van der Waals surface area contributed by atoms with Crippen molar-refractivity contribution in [3.8, 4) is 0 Å². The van der Waals surface area contributed by atoms with Crippen molar-refractivity contribution in [1.82, 2.24) is 0 Å². The summed E-state index contributed by atoms with van der Waals surface area (Å²) in [7, 11) is 0. The summed E-state index contributed by atoms with van der Waals surface area (Å²) in [5.41, 5.74) is 3.46. The monoisotopic (exact) mass is 433 g/mol. The topological polar surface area (TPSA) is 57.6 Å². The third kappa shape index (κ3) is 3.37. The molecule has 0 spiro atoms. The standard InChI is InChI=1S/C25H20FNO3S/c26-18-9-11-19(12-10-18)27-22(20-6-3-13-31-20)21(24(29)25(27)30)23(28)17-8-7-15-4-1-2-5-16(15)14-17/h3,6-14,22,28H,1-2,4-5H2/b23-21-. The number of nitrogens with zero attached hydrogens (tertiary/aromatic N) is 1. The van der Waals surface area contributed by atoms with E-state index in [0.717, 1.165) is 30.6 Å². The molecule has 0 bridgehead atoms. The number of hydrogen-bond acceptors (Lipinski definition) is 4. The Kier molecular flexibility index (Phi) is 4.94. The minimum atomic E-state index is -0.763. The highest BCUT2D eigenvalue weighted by molar-refractivity contribution is 7.10. The molecule has 1 fully saturated rings. The summed E-state index contributed by atoms with van der Waals surface area (Å²) in [5, 5.41) is 13.1. The third-order valence-corrected chi connectivity index (χ3v) is 6.91. The van der Waals surface area contributed by atoms with Crippen LogP contribution in [-0.2, 0) is 22.4 Å². The highest BCUT2D eigenvalue weighted by atomic mass is 32.1. The van der Waals surface area contributed by atoms with E-state index in [0.29, 0.717) is 11.3 Å². The predicted molar refractivity (Wildman–Crippen MR) is 119 cm³/mol. The van der Waals surface area contributed by atoms with Gasteiger partial charge < -0.3 is 5.11 Å². The van der Waals surface area contributed by atoms with Crippen LogP contribution in [0, 0.1) is 5.82 Å². The number of fused-ring (bicyclic) bond motifs is 1. The SMILES string of the molecule is O=C1C(=O)N(c2ccc(F)cc2)C(c2cccs2)/C1=C(/O)c1ccc2c(c1)CCCC2. The van der Waals surface area contributed by atoms with Crippen molar-refractivity contribution >= 4 is 34.5 Å². The Bertz CT molecular complexity index is 1200. The zero-order valence-corrected chi connectivity index (χ0v) is 17.5.